The number of pyridine rings is 1. The summed E-state index contributed by atoms with van der Waals surface area (Å²) in [5, 5.41) is 51.9. The van der Waals surface area contributed by atoms with Crippen molar-refractivity contribution >= 4 is 33.3 Å². The van der Waals surface area contributed by atoms with Gasteiger partial charge in [0, 0.05) is 84.6 Å². The predicted molar refractivity (Wildman–Crippen MR) is 151 cm³/mol. The van der Waals surface area contributed by atoms with Gasteiger partial charge in [-0.05, 0) is 6.07 Å². The molecule has 40 heavy (non-hydrogen) atoms. The summed E-state index contributed by atoms with van der Waals surface area (Å²) in [6.45, 7) is 7.09. The molecule has 0 bridgehead atoms. The number of nitrogens with one attached hydrogen (secondary N) is 3. The van der Waals surface area contributed by atoms with Crippen molar-refractivity contribution in [1.82, 2.24) is 31.0 Å². The van der Waals surface area contributed by atoms with Gasteiger partial charge < -0.3 is 53.8 Å². The highest BCUT2D eigenvalue weighted by Crippen LogP contribution is 1.91. The number of aromatic carboxylic acids is 1. The van der Waals surface area contributed by atoms with Gasteiger partial charge in [-0.15, -0.1) is 4.73 Å². The second-order valence-corrected chi connectivity index (χ2v) is 6.55. The maximum Gasteiger partial charge on any atom is 0.356 e. The van der Waals surface area contributed by atoms with Crippen molar-refractivity contribution in [2.24, 2.45) is 17.2 Å². The second kappa shape index (κ2) is 41.6. The lowest BCUT2D eigenvalue weighted by Gasteiger charge is -2.18. The third-order valence-corrected chi connectivity index (χ3v) is 3.75. The lowest BCUT2D eigenvalue weighted by molar-refractivity contribution is -0.137. The van der Waals surface area contributed by atoms with Gasteiger partial charge in [0.25, 0.3) is 5.56 Å². The van der Waals surface area contributed by atoms with Crippen LogP contribution in [0.25, 0.3) is 0 Å². The molecule has 236 valence electrons. The standard InChI is InChI=1S/C6H18N4O3.C6H18N4.C6H5NO4.3HOP/c7-1-3-9(12)5-6-10(13)4-2-8-11;7-1-3-9-5-6-10-4-2-8;8-5-3-1-2-4(6(9)10)7(5)11;3*1-2/h8,11-13H,1-7H2;9-10H,1-8H2;1-3,11H,(H,9,10);3*2H. The molecule has 1 aromatic rings. The molecule has 0 aromatic carbocycles. The molecule has 0 atom stereocenters. The summed E-state index contributed by atoms with van der Waals surface area (Å²) < 4.78 is 24.3. The molecule has 19 nitrogen and oxygen atoms in total. The van der Waals surface area contributed by atoms with E-state index in [1.54, 1.807) is 27.4 Å². The minimum atomic E-state index is -1.34. The third-order valence-electron chi connectivity index (χ3n) is 3.75. The number of hydrogen-bond acceptors (Lipinski definition) is 17. The Balaban J connectivity index is -0.000000140. The van der Waals surface area contributed by atoms with Crippen LogP contribution in [-0.4, -0.2) is 125 Å². The Hall–Kier alpha value is -1.92. The molecule has 0 aliphatic carbocycles. The fourth-order valence-electron chi connectivity index (χ4n) is 2.06. The van der Waals surface area contributed by atoms with Crippen LogP contribution in [0.5, 0.6) is 0 Å². The SMILES string of the molecule is NCCN(O)CCN(O)CCNO.NCCNCCNCCN.O=C(O)c1cccc(=O)n1O.O=P.O=P.O=P. The van der Waals surface area contributed by atoms with E-state index in [0.717, 1.165) is 48.4 Å². The summed E-state index contributed by atoms with van der Waals surface area (Å²) in [7, 11) is 5.17. The van der Waals surface area contributed by atoms with Gasteiger partial charge in [0.05, 0.1) is 0 Å². The number of aromatic nitrogens is 1. The normalized spacial score (nSPS) is 9.20. The summed E-state index contributed by atoms with van der Waals surface area (Å²) in [4.78, 5) is 20.8. The van der Waals surface area contributed by atoms with E-state index in [1.807, 2.05) is 5.48 Å². The molecule has 0 amide bonds. The van der Waals surface area contributed by atoms with Gasteiger partial charge in [-0.2, -0.15) is 10.1 Å². The van der Waals surface area contributed by atoms with Gasteiger partial charge >= 0.3 is 5.97 Å². The molecule has 0 spiro atoms. The molecule has 1 aromatic heterocycles. The molecular weight excluding hydrogens is 595 g/mol. The van der Waals surface area contributed by atoms with Crippen LogP contribution in [0.4, 0.5) is 0 Å². The van der Waals surface area contributed by atoms with E-state index in [0.29, 0.717) is 45.8 Å². The monoisotopic (exact) mass is 639 g/mol. The minimum Gasteiger partial charge on any atom is -0.476 e. The molecule has 0 radical (unpaired) electrons. The third kappa shape index (κ3) is 36.1. The second-order valence-electron chi connectivity index (χ2n) is 6.55. The van der Waals surface area contributed by atoms with Crippen LogP contribution in [0.1, 0.15) is 10.5 Å². The zero-order chi connectivity index (χ0) is 32.2. The highest BCUT2D eigenvalue weighted by molar-refractivity contribution is 7.00. The number of nitrogens with two attached hydrogens (primary N) is 3. The van der Waals surface area contributed by atoms with Crippen molar-refractivity contribution in [1.29, 1.82) is 0 Å². The smallest absolute Gasteiger partial charge is 0.356 e. The van der Waals surface area contributed by atoms with E-state index in [9.17, 15) is 9.59 Å². The molecule has 0 aliphatic rings. The quantitative estimate of drug-likeness (QED) is 0.0388. The lowest BCUT2D eigenvalue weighted by Crippen LogP contribution is -2.36. The molecule has 0 saturated carbocycles. The minimum absolute atomic E-state index is 0.0856. The first-order valence-electron chi connectivity index (χ1n) is 11.3. The first-order valence-corrected chi connectivity index (χ1v) is 12.5. The van der Waals surface area contributed by atoms with E-state index in [1.165, 1.54) is 6.07 Å². The number of carboxylic acids is 1. The van der Waals surface area contributed by atoms with E-state index >= 15 is 0 Å². The molecule has 22 heteroatoms. The van der Waals surface area contributed by atoms with Crippen LogP contribution in [-0.2, 0) is 13.7 Å². The fourth-order valence-corrected chi connectivity index (χ4v) is 2.06. The van der Waals surface area contributed by atoms with Gasteiger partial charge in [0.1, 0.15) is 27.4 Å². The topological polar surface area (TPSA) is 312 Å². The van der Waals surface area contributed by atoms with Crippen molar-refractivity contribution in [2.45, 2.75) is 0 Å². The Bertz CT molecular complexity index is 719. The van der Waals surface area contributed by atoms with Crippen molar-refractivity contribution in [3.63, 3.8) is 0 Å². The molecule has 1 heterocycles. The van der Waals surface area contributed by atoms with E-state index in [2.05, 4.69) is 10.6 Å². The Morgan fingerprint density at radius 2 is 1.23 bits per heavy atom. The Morgan fingerprint density at radius 1 is 0.775 bits per heavy atom. The Labute approximate surface area is 239 Å². The summed E-state index contributed by atoms with van der Waals surface area (Å²) in [6, 6.07) is 3.45. The number of hydrogen-bond donors (Lipinski definition) is 11. The van der Waals surface area contributed by atoms with Crippen LogP contribution < -0.4 is 38.9 Å². The largest absolute Gasteiger partial charge is 0.476 e. The summed E-state index contributed by atoms with van der Waals surface area (Å²) >= 11 is 0. The van der Waals surface area contributed by atoms with Crippen LogP contribution in [0.15, 0.2) is 23.0 Å². The van der Waals surface area contributed by atoms with Crippen LogP contribution in [0, 0.1) is 0 Å². The highest BCUT2D eigenvalue weighted by Gasteiger charge is 2.08. The molecular formula is C18H44N9O10P3. The van der Waals surface area contributed by atoms with Gasteiger partial charge in [-0.25, -0.2) is 10.3 Å². The van der Waals surface area contributed by atoms with Crippen LogP contribution in [0.2, 0.25) is 0 Å². The number of nitrogens with zero attached hydrogens (tertiary/aromatic N) is 3. The number of carbonyl (C=O) groups is 1. The zero-order valence-corrected chi connectivity index (χ0v) is 25.1. The average Bonchev–Trinajstić information content (AvgIpc) is 2.98. The molecule has 14 N–H and O–H groups in total. The van der Waals surface area contributed by atoms with Gasteiger partial charge in [0.15, 0.2) is 5.69 Å². The highest BCUT2D eigenvalue weighted by atomic mass is 31.0. The number of carboxylic acid groups (broad SMARTS) is 1. The van der Waals surface area contributed by atoms with Crippen molar-refractivity contribution < 1.29 is 44.4 Å². The van der Waals surface area contributed by atoms with Crippen LogP contribution in [0.3, 0.4) is 0 Å². The Morgan fingerprint density at radius 3 is 1.57 bits per heavy atom. The first kappa shape index (κ1) is 47.8. The molecule has 0 aliphatic heterocycles. The number of rotatable bonds is 16. The van der Waals surface area contributed by atoms with Crippen molar-refractivity contribution in [2.75, 3.05) is 78.5 Å². The molecule has 0 fully saturated rings. The van der Waals surface area contributed by atoms with E-state index in [-0.39, 0.29) is 11.3 Å². The van der Waals surface area contributed by atoms with E-state index < -0.39 is 17.2 Å². The predicted octanol–water partition coefficient (Wildman–Crippen LogP) is -2.40. The maximum atomic E-state index is 10.6. The Kier molecular flexibility index (Phi) is 49.7. The molecule has 1 rings (SSSR count). The average molecular weight is 640 g/mol. The van der Waals surface area contributed by atoms with Gasteiger partial charge in [-0.1, -0.05) is 6.07 Å². The zero-order valence-electron chi connectivity index (χ0n) is 22.1. The molecule has 0 unspecified atom stereocenters. The van der Waals surface area contributed by atoms with Gasteiger partial charge in [0.2, 0.25) is 0 Å². The number of hydroxylamine groups is 5. The molecule has 0 saturated heterocycles. The fraction of sp³-hybridized carbons (Fsp3) is 0.667. The maximum absolute atomic E-state index is 10.6. The summed E-state index contributed by atoms with van der Waals surface area (Å²) in [6.07, 6.45) is 0. The van der Waals surface area contributed by atoms with Crippen LogP contribution >= 0.6 is 27.4 Å². The van der Waals surface area contributed by atoms with Crippen molar-refractivity contribution in [3.8, 4) is 0 Å². The lowest BCUT2D eigenvalue weighted by atomic mass is 10.3. The first-order chi connectivity index (χ1) is 19.2. The van der Waals surface area contributed by atoms with E-state index in [4.69, 9.17) is 56.8 Å². The summed E-state index contributed by atoms with van der Waals surface area (Å²) in [5.41, 5.74) is 16.4. The van der Waals surface area contributed by atoms with Crippen molar-refractivity contribution in [3.05, 3.63) is 34.2 Å². The summed E-state index contributed by atoms with van der Waals surface area (Å²) in [5.74, 6) is -1.34. The van der Waals surface area contributed by atoms with Gasteiger partial charge in [-0.3, -0.25) is 18.5 Å².